The molecular weight excluding hydrogens is 255 g/mol. The van der Waals surface area contributed by atoms with Gasteiger partial charge < -0.3 is 4.57 Å². The number of hydrogen-bond acceptors (Lipinski definition) is 1. The minimum atomic E-state index is 0.170. The van der Waals surface area contributed by atoms with Crippen LogP contribution in [0.5, 0.6) is 0 Å². The summed E-state index contributed by atoms with van der Waals surface area (Å²) in [5, 5.41) is 0.704. The van der Waals surface area contributed by atoms with Crippen molar-refractivity contribution >= 4 is 34.2 Å². The van der Waals surface area contributed by atoms with E-state index in [1.807, 2.05) is 12.1 Å². The third kappa shape index (κ3) is 1.58. The van der Waals surface area contributed by atoms with Gasteiger partial charge in [-0.1, -0.05) is 17.7 Å². The van der Waals surface area contributed by atoms with Crippen molar-refractivity contribution in [3.05, 3.63) is 29.0 Å². The Kier molecular flexibility index (Phi) is 2.60. The van der Waals surface area contributed by atoms with Crippen molar-refractivity contribution in [2.24, 2.45) is 0 Å². The van der Waals surface area contributed by atoms with Gasteiger partial charge in [-0.05, 0) is 38.3 Å². The number of para-hydroxylation sites is 1. The van der Waals surface area contributed by atoms with Crippen molar-refractivity contribution < 1.29 is 0 Å². The molecule has 2 nitrogen and oxygen atoms in total. The molecule has 1 fully saturated rings. The van der Waals surface area contributed by atoms with Crippen molar-refractivity contribution in [1.82, 2.24) is 9.55 Å². The highest BCUT2D eigenvalue weighted by Crippen LogP contribution is 2.42. The molecule has 0 radical (unpaired) electrons. The van der Waals surface area contributed by atoms with Gasteiger partial charge in [-0.25, -0.2) is 4.98 Å². The summed E-state index contributed by atoms with van der Waals surface area (Å²) in [6.07, 6.45) is 3.65. The first-order valence-corrected chi connectivity index (χ1v) is 6.79. The van der Waals surface area contributed by atoms with E-state index in [4.69, 9.17) is 23.2 Å². The standard InChI is InChI=1S/C13H14Cl2N2/c1-13(6-3-7-13)17-10-5-2-4-9(15)12(10)16-11(17)8-14/h2,4-5H,3,6-8H2,1H3. The smallest absolute Gasteiger partial charge is 0.125 e. The molecule has 1 aliphatic rings. The van der Waals surface area contributed by atoms with Gasteiger partial charge in [-0.15, -0.1) is 11.6 Å². The predicted octanol–water partition coefficient (Wildman–Crippen LogP) is 4.33. The Labute approximate surface area is 111 Å². The van der Waals surface area contributed by atoms with Crippen LogP contribution in [0.3, 0.4) is 0 Å². The fourth-order valence-electron chi connectivity index (χ4n) is 2.72. The summed E-state index contributed by atoms with van der Waals surface area (Å²) in [6.45, 7) is 2.27. The fourth-order valence-corrected chi connectivity index (χ4v) is 3.11. The molecule has 3 rings (SSSR count). The molecule has 1 heterocycles. The Morgan fingerprint density at radius 1 is 1.41 bits per heavy atom. The van der Waals surface area contributed by atoms with Crippen LogP contribution in [0.25, 0.3) is 11.0 Å². The quantitative estimate of drug-likeness (QED) is 0.742. The molecule has 0 bridgehead atoms. The first kappa shape index (κ1) is 11.4. The summed E-state index contributed by atoms with van der Waals surface area (Å²) in [7, 11) is 0. The molecule has 2 aromatic rings. The molecule has 0 amide bonds. The number of hydrogen-bond donors (Lipinski definition) is 0. The van der Waals surface area contributed by atoms with Gasteiger partial charge in [0.2, 0.25) is 0 Å². The average Bonchev–Trinajstić information content (AvgIpc) is 2.66. The Balaban J connectivity index is 2.31. The van der Waals surface area contributed by atoms with Crippen LogP contribution in [-0.4, -0.2) is 9.55 Å². The number of imidazole rings is 1. The van der Waals surface area contributed by atoms with Crippen LogP contribution in [-0.2, 0) is 11.4 Å². The Bertz CT molecular complexity index is 570. The molecular formula is C13H14Cl2N2. The zero-order valence-corrected chi connectivity index (χ0v) is 11.2. The van der Waals surface area contributed by atoms with E-state index in [2.05, 4.69) is 22.5 Å². The molecule has 1 saturated carbocycles. The van der Waals surface area contributed by atoms with Gasteiger partial charge in [-0.3, -0.25) is 0 Å². The molecule has 17 heavy (non-hydrogen) atoms. The van der Waals surface area contributed by atoms with Gasteiger partial charge in [-0.2, -0.15) is 0 Å². The van der Waals surface area contributed by atoms with Crippen molar-refractivity contribution in [2.75, 3.05) is 0 Å². The number of halogens is 2. The number of rotatable bonds is 2. The highest BCUT2D eigenvalue weighted by Gasteiger charge is 2.36. The van der Waals surface area contributed by atoms with Crippen LogP contribution in [0.4, 0.5) is 0 Å². The van der Waals surface area contributed by atoms with Crippen LogP contribution < -0.4 is 0 Å². The van der Waals surface area contributed by atoms with E-state index in [-0.39, 0.29) is 5.54 Å². The highest BCUT2D eigenvalue weighted by atomic mass is 35.5. The maximum absolute atomic E-state index is 6.19. The van der Waals surface area contributed by atoms with E-state index in [1.54, 1.807) is 0 Å². The second-order valence-corrected chi connectivity index (χ2v) is 5.63. The lowest BCUT2D eigenvalue weighted by molar-refractivity contribution is 0.171. The summed E-state index contributed by atoms with van der Waals surface area (Å²) >= 11 is 12.2. The number of fused-ring (bicyclic) bond motifs is 1. The third-order valence-electron chi connectivity index (χ3n) is 3.80. The van der Waals surface area contributed by atoms with Crippen LogP contribution in [0.15, 0.2) is 18.2 Å². The van der Waals surface area contributed by atoms with E-state index < -0.39 is 0 Å². The molecule has 1 aromatic heterocycles. The zero-order chi connectivity index (χ0) is 12.0. The van der Waals surface area contributed by atoms with Crippen molar-refractivity contribution in [1.29, 1.82) is 0 Å². The predicted molar refractivity (Wildman–Crippen MR) is 71.8 cm³/mol. The maximum atomic E-state index is 6.19. The van der Waals surface area contributed by atoms with E-state index >= 15 is 0 Å². The van der Waals surface area contributed by atoms with Gasteiger partial charge in [0.1, 0.15) is 11.3 Å². The largest absolute Gasteiger partial charge is 0.321 e. The summed E-state index contributed by atoms with van der Waals surface area (Å²) < 4.78 is 2.28. The van der Waals surface area contributed by atoms with E-state index in [0.29, 0.717) is 10.9 Å². The lowest BCUT2D eigenvalue weighted by Crippen LogP contribution is -2.38. The Morgan fingerprint density at radius 3 is 2.76 bits per heavy atom. The second kappa shape index (κ2) is 3.89. The molecule has 0 aliphatic heterocycles. The molecule has 4 heteroatoms. The highest BCUT2D eigenvalue weighted by molar-refractivity contribution is 6.35. The van der Waals surface area contributed by atoms with Gasteiger partial charge in [0.05, 0.1) is 16.4 Å². The molecule has 1 aromatic carbocycles. The fraction of sp³-hybridized carbons (Fsp3) is 0.462. The lowest BCUT2D eigenvalue weighted by atomic mass is 9.78. The minimum absolute atomic E-state index is 0.170. The molecule has 90 valence electrons. The van der Waals surface area contributed by atoms with Gasteiger partial charge >= 0.3 is 0 Å². The zero-order valence-electron chi connectivity index (χ0n) is 9.71. The number of alkyl halides is 1. The van der Waals surface area contributed by atoms with E-state index in [1.165, 1.54) is 19.3 Å². The summed E-state index contributed by atoms with van der Waals surface area (Å²) in [6, 6.07) is 5.93. The van der Waals surface area contributed by atoms with Crippen LogP contribution in [0.1, 0.15) is 32.0 Å². The lowest BCUT2D eigenvalue weighted by Gasteiger charge is -2.41. The van der Waals surface area contributed by atoms with E-state index in [0.717, 1.165) is 16.9 Å². The topological polar surface area (TPSA) is 17.8 Å². The normalized spacial score (nSPS) is 18.3. The molecule has 0 unspecified atom stereocenters. The van der Waals surface area contributed by atoms with Crippen LogP contribution in [0.2, 0.25) is 5.02 Å². The number of benzene rings is 1. The van der Waals surface area contributed by atoms with Gasteiger partial charge in [0, 0.05) is 5.54 Å². The van der Waals surface area contributed by atoms with Crippen LogP contribution in [0, 0.1) is 0 Å². The number of nitrogens with zero attached hydrogens (tertiary/aromatic N) is 2. The molecule has 0 N–H and O–H groups in total. The third-order valence-corrected chi connectivity index (χ3v) is 4.34. The van der Waals surface area contributed by atoms with Gasteiger partial charge in [0.15, 0.2) is 0 Å². The van der Waals surface area contributed by atoms with Crippen molar-refractivity contribution in [2.45, 2.75) is 37.6 Å². The molecule has 0 spiro atoms. The van der Waals surface area contributed by atoms with Gasteiger partial charge in [0.25, 0.3) is 0 Å². The molecule has 0 saturated heterocycles. The summed E-state index contributed by atoms with van der Waals surface area (Å²) in [5.41, 5.74) is 2.15. The summed E-state index contributed by atoms with van der Waals surface area (Å²) in [5.74, 6) is 1.36. The SMILES string of the molecule is CC1(n2c(CCl)nc3c(Cl)cccc32)CCC1. The monoisotopic (exact) mass is 268 g/mol. The van der Waals surface area contributed by atoms with Crippen LogP contribution >= 0.6 is 23.2 Å². The first-order chi connectivity index (χ1) is 8.15. The second-order valence-electron chi connectivity index (χ2n) is 4.96. The number of aromatic nitrogens is 2. The van der Waals surface area contributed by atoms with Crippen molar-refractivity contribution in [3.63, 3.8) is 0 Å². The molecule has 0 atom stereocenters. The first-order valence-electron chi connectivity index (χ1n) is 5.88. The Hall–Kier alpha value is -0.730. The Morgan fingerprint density at radius 2 is 2.18 bits per heavy atom. The van der Waals surface area contributed by atoms with E-state index in [9.17, 15) is 0 Å². The van der Waals surface area contributed by atoms with Crippen molar-refractivity contribution in [3.8, 4) is 0 Å². The summed E-state index contributed by atoms with van der Waals surface area (Å²) in [4.78, 5) is 4.58. The molecule has 1 aliphatic carbocycles. The average molecular weight is 269 g/mol. The minimum Gasteiger partial charge on any atom is -0.321 e. The maximum Gasteiger partial charge on any atom is 0.125 e.